The van der Waals surface area contributed by atoms with Crippen molar-refractivity contribution in [3.63, 3.8) is 0 Å². The summed E-state index contributed by atoms with van der Waals surface area (Å²) in [5.74, 6) is -4.06. The fourth-order valence-electron chi connectivity index (χ4n) is 3.22. The molecule has 0 saturated carbocycles. The van der Waals surface area contributed by atoms with E-state index in [-0.39, 0.29) is 21.6 Å². The van der Waals surface area contributed by atoms with Crippen LogP contribution in [0.3, 0.4) is 0 Å². The van der Waals surface area contributed by atoms with Gasteiger partial charge in [-0.05, 0) is 36.4 Å². The molecule has 0 unspecified atom stereocenters. The van der Waals surface area contributed by atoms with Crippen LogP contribution in [-0.2, 0) is 16.2 Å². The summed E-state index contributed by atoms with van der Waals surface area (Å²) >= 11 is 6.04. The van der Waals surface area contributed by atoms with Crippen LogP contribution in [0.2, 0.25) is 5.02 Å². The molecule has 2 aromatic carbocycles. The first-order valence-corrected chi connectivity index (χ1v) is 11.1. The monoisotopic (exact) mass is 515 g/mol. The lowest BCUT2D eigenvalue weighted by Crippen LogP contribution is -2.17. The number of anilines is 1. The van der Waals surface area contributed by atoms with Crippen LogP contribution >= 0.6 is 11.6 Å². The van der Waals surface area contributed by atoms with Crippen molar-refractivity contribution in [1.82, 2.24) is 9.97 Å². The quantitative estimate of drug-likeness (QED) is 0.269. The average Bonchev–Trinajstić information content (AvgIpc) is 3.24. The van der Waals surface area contributed by atoms with Crippen molar-refractivity contribution in [3.8, 4) is 0 Å². The number of hydrogen-bond acceptors (Lipinski definition) is 4. The van der Waals surface area contributed by atoms with Gasteiger partial charge in [-0.15, -0.1) is 0 Å². The first-order valence-electron chi connectivity index (χ1n) is 9.24. The third-order valence-corrected chi connectivity index (χ3v) is 6.45. The molecule has 0 aliphatic carbocycles. The van der Waals surface area contributed by atoms with Crippen LogP contribution in [0.15, 0.2) is 59.8 Å². The van der Waals surface area contributed by atoms with E-state index in [0.717, 1.165) is 18.3 Å². The van der Waals surface area contributed by atoms with E-state index in [1.165, 1.54) is 12.3 Å². The molecule has 34 heavy (non-hydrogen) atoms. The number of carbonyl (C=O) groups excluding carboxylic acids is 1. The van der Waals surface area contributed by atoms with Crippen molar-refractivity contribution in [3.05, 3.63) is 88.2 Å². The van der Waals surface area contributed by atoms with Crippen LogP contribution in [0.5, 0.6) is 0 Å². The average molecular weight is 516 g/mol. The molecule has 2 aromatic heterocycles. The van der Waals surface area contributed by atoms with Crippen molar-refractivity contribution in [1.29, 1.82) is 0 Å². The van der Waals surface area contributed by atoms with Crippen LogP contribution in [0.4, 0.5) is 27.6 Å². The van der Waals surface area contributed by atoms with Gasteiger partial charge < -0.3 is 4.98 Å². The minimum Gasteiger partial charge on any atom is -0.346 e. The second-order valence-electron chi connectivity index (χ2n) is 6.97. The van der Waals surface area contributed by atoms with Crippen molar-refractivity contribution < 1.29 is 35.2 Å². The summed E-state index contributed by atoms with van der Waals surface area (Å²) in [6.45, 7) is 0. The van der Waals surface area contributed by atoms with Gasteiger partial charge in [0.25, 0.3) is 10.0 Å². The molecule has 176 valence electrons. The number of benzene rings is 2. The van der Waals surface area contributed by atoms with Gasteiger partial charge in [-0.3, -0.25) is 9.52 Å². The van der Waals surface area contributed by atoms with E-state index in [9.17, 15) is 30.8 Å². The van der Waals surface area contributed by atoms with Gasteiger partial charge in [0, 0.05) is 17.8 Å². The molecule has 4 aromatic rings. The molecule has 0 fully saturated rings. The summed E-state index contributed by atoms with van der Waals surface area (Å²) in [7, 11) is -4.74. The standard InChI is InChI=1S/C21H11ClF5N3O3S/c22-13-9-29-20-12(6-7-28-20)16(13)19(31)17-14(23)4-5-15(18(17)24)30-34(32,33)11-3-1-2-10(8-11)21(25,26)27/h1-9,30H,(H,28,29). The molecule has 0 saturated heterocycles. The molecule has 13 heteroatoms. The molecule has 0 aliphatic heterocycles. The summed E-state index contributed by atoms with van der Waals surface area (Å²) in [5.41, 5.74) is -3.26. The number of rotatable bonds is 5. The molecule has 6 nitrogen and oxygen atoms in total. The van der Waals surface area contributed by atoms with E-state index in [0.29, 0.717) is 24.3 Å². The second kappa shape index (κ2) is 8.37. The molecule has 0 atom stereocenters. The zero-order valence-electron chi connectivity index (χ0n) is 16.5. The van der Waals surface area contributed by atoms with E-state index in [1.54, 1.807) is 4.72 Å². The van der Waals surface area contributed by atoms with Crippen molar-refractivity contribution in [2.75, 3.05) is 4.72 Å². The Hall–Kier alpha value is -3.51. The topological polar surface area (TPSA) is 91.9 Å². The number of fused-ring (bicyclic) bond motifs is 1. The first-order chi connectivity index (χ1) is 15.9. The summed E-state index contributed by atoms with van der Waals surface area (Å²) in [6.07, 6.45) is -2.29. The van der Waals surface area contributed by atoms with E-state index >= 15 is 4.39 Å². The number of sulfonamides is 1. The number of nitrogens with zero attached hydrogens (tertiary/aromatic N) is 1. The predicted molar refractivity (Wildman–Crippen MR) is 113 cm³/mol. The highest BCUT2D eigenvalue weighted by Crippen LogP contribution is 2.33. The lowest BCUT2D eigenvalue weighted by atomic mass is 10.00. The molecular formula is C21H11ClF5N3O3S. The fourth-order valence-corrected chi connectivity index (χ4v) is 4.56. The number of hydrogen-bond donors (Lipinski definition) is 2. The van der Waals surface area contributed by atoms with Gasteiger partial charge in [0.1, 0.15) is 11.5 Å². The minimum atomic E-state index is -4.82. The third-order valence-electron chi connectivity index (χ3n) is 4.80. The Labute approximate surface area is 193 Å². The Balaban J connectivity index is 1.77. The molecular weight excluding hydrogens is 505 g/mol. The van der Waals surface area contributed by atoms with Gasteiger partial charge in [0.05, 0.1) is 32.3 Å². The maximum absolute atomic E-state index is 15.2. The lowest BCUT2D eigenvalue weighted by Gasteiger charge is -2.14. The Kier molecular flexibility index (Phi) is 5.82. The first kappa shape index (κ1) is 23.6. The highest BCUT2D eigenvalue weighted by atomic mass is 35.5. The third kappa shape index (κ3) is 4.21. The summed E-state index contributed by atoms with van der Waals surface area (Å²) in [4.78, 5) is 18.9. The van der Waals surface area contributed by atoms with E-state index < -0.39 is 55.3 Å². The number of halogens is 6. The number of H-pyrrole nitrogens is 1. The van der Waals surface area contributed by atoms with Gasteiger partial charge in [-0.2, -0.15) is 13.2 Å². The van der Waals surface area contributed by atoms with E-state index in [1.807, 2.05) is 0 Å². The number of aromatic amines is 1. The molecule has 0 amide bonds. The Morgan fingerprint density at radius 2 is 1.79 bits per heavy atom. The molecule has 0 spiro atoms. The molecule has 0 aliphatic rings. The molecule has 4 rings (SSSR count). The van der Waals surface area contributed by atoms with Gasteiger partial charge in [-0.1, -0.05) is 17.7 Å². The molecule has 0 radical (unpaired) electrons. The van der Waals surface area contributed by atoms with Gasteiger partial charge in [0.2, 0.25) is 5.78 Å². The largest absolute Gasteiger partial charge is 0.416 e. The number of alkyl halides is 3. The molecule has 0 bridgehead atoms. The fraction of sp³-hybridized carbons (Fsp3) is 0.0476. The summed E-state index contributed by atoms with van der Waals surface area (Å²) in [5, 5.41) is -0.0305. The normalized spacial score (nSPS) is 12.2. The Bertz CT molecular complexity index is 1550. The smallest absolute Gasteiger partial charge is 0.346 e. The number of aromatic nitrogens is 2. The zero-order valence-corrected chi connectivity index (χ0v) is 18.1. The second-order valence-corrected chi connectivity index (χ2v) is 9.05. The lowest BCUT2D eigenvalue weighted by molar-refractivity contribution is -0.137. The van der Waals surface area contributed by atoms with E-state index in [2.05, 4.69) is 9.97 Å². The molecule has 2 heterocycles. The van der Waals surface area contributed by atoms with Crippen LogP contribution in [-0.4, -0.2) is 24.2 Å². The van der Waals surface area contributed by atoms with Crippen LogP contribution in [0.25, 0.3) is 11.0 Å². The summed E-state index contributed by atoms with van der Waals surface area (Å²) in [6, 6.07) is 5.50. The van der Waals surface area contributed by atoms with Crippen LogP contribution in [0.1, 0.15) is 21.5 Å². The van der Waals surface area contributed by atoms with Crippen molar-refractivity contribution in [2.24, 2.45) is 0 Å². The summed E-state index contributed by atoms with van der Waals surface area (Å²) < 4.78 is 95.5. The Morgan fingerprint density at radius 3 is 2.50 bits per heavy atom. The highest BCUT2D eigenvalue weighted by molar-refractivity contribution is 7.92. The van der Waals surface area contributed by atoms with Crippen LogP contribution < -0.4 is 4.72 Å². The number of pyridine rings is 1. The predicted octanol–water partition coefficient (Wildman–Crippen LogP) is 5.55. The zero-order chi connectivity index (χ0) is 24.8. The van der Waals surface area contributed by atoms with Crippen molar-refractivity contribution >= 4 is 44.1 Å². The van der Waals surface area contributed by atoms with Gasteiger partial charge >= 0.3 is 6.18 Å². The van der Waals surface area contributed by atoms with E-state index in [4.69, 9.17) is 11.6 Å². The SMILES string of the molecule is O=C(c1c(F)ccc(NS(=O)(=O)c2cccc(C(F)(F)F)c2)c1F)c1c(Cl)cnc2[nH]ccc12. The van der Waals surface area contributed by atoms with Gasteiger partial charge in [-0.25, -0.2) is 22.2 Å². The van der Waals surface area contributed by atoms with Crippen LogP contribution in [0, 0.1) is 11.6 Å². The van der Waals surface area contributed by atoms with Crippen molar-refractivity contribution in [2.45, 2.75) is 11.1 Å². The molecule has 2 N–H and O–H groups in total. The maximum Gasteiger partial charge on any atom is 0.416 e. The highest BCUT2D eigenvalue weighted by Gasteiger charge is 2.32. The number of ketones is 1. The Morgan fingerprint density at radius 1 is 1.06 bits per heavy atom. The maximum atomic E-state index is 15.2. The number of nitrogens with one attached hydrogen (secondary N) is 2. The van der Waals surface area contributed by atoms with Gasteiger partial charge in [0.15, 0.2) is 5.82 Å². The minimum absolute atomic E-state index is 0.172. The number of carbonyl (C=O) groups is 1.